The van der Waals surface area contributed by atoms with Crippen molar-refractivity contribution < 1.29 is 5.11 Å². The van der Waals surface area contributed by atoms with Gasteiger partial charge in [0.25, 0.3) is 0 Å². The number of hydrogen-bond acceptors (Lipinski definition) is 6. The van der Waals surface area contributed by atoms with Gasteiger partial charge >= 0.3 is 0 Å². The van der Waals surface area contributed by atoms with Gasteiger partial charge in [-0.05, 0) is 30.7 Å². The fourth-order valence-electron chi connectivity index (χ4n) is 2.32. The number of nitrogens with two attached hydrogens (primary N) is 1. The number of pyridine rings is 1. The fraction of sp³-hybridized carbons (Fsp3) is 0.235. The highest BCUT2D eigenvalue weighted by molar-refractivity contribution is 5.86. The summed E-state index contributed by atoms with van der Waals surface area (Å²) in [5.74, 6) is 0.381. The van der Waals surface area contributed by atoms with Crippen molar-refractivity contribution >= 4 is 29.3 Å². The smallest absolute Gasteiger partial charge is 0.153 e. The molecule has 2 aromatic heterocycles. The molecule has 0 aliphatic carbocycles. The van der Waals surface area contributed by atoms with Crippen molar-refractivity contribution in [2.45, 2.75) is 19.5 Å². The van der Waals surface area contributed by atoms with E-state index in [0.717, 1.165) is 22.3 Å². The normalized spacial score (nSPS) is 11.9. The van der Waals surface area contributed by atoms with E-state index in [9.17, 15) is 0 Å². The highest BCUT2D eigenvalue weighted by Crippen LogP contribution is 2.22. The summed E-state index contributed by atoms with van der Waals surface area (Å²) in [4.78, 5) is 12.7. The summed E-state index contributed by atoms with van der Waals surface area (Å²) in [6.07, 6.45) is 1.44. The molecular formula is C17H20ClN5O. The van der Waals surface area contributed by atoms with Gasteiger partial charge in [0.2, 0.25) is 0 Å². The topological polar surface area (TPSA) is 97.0 Å². The van der Waals surface area contributed by atoms with Crippen molar-refractivity contribution in [1.29, 1.82) is 0 Å². The van der Waals surface area contributed by atoms with E-state index in [2.05, 4.69) is 26.3 Å². The molecular weight excluding hydrogens is 326 g/mol. The highest BCUT2D eigenvalue weighted by atomic mass is 35.5. The van der Waals surface area contributed by atoms with Gasteiger partial charge in [-0.1, -0.05) is 18.2 Å². The number of aliphatic hydroxyl groups is 1. The minimum Gasteiger partial charge on any atom is -0.395 e. The maximum atomic E-state index is 9.08. The number of rotatable bonds is 5. The fourth-order valence-corrected chi connectivity index (χ4v) is 2.32. The molecule has 0 saturated carbocycles. The van der Waals surface area contributed by atoms with E-state index in [4.69, 9.17) is 10.8 Å². The molecule has 4 N–H and O–H groups in total. The lowest BCUT2D eigenvalue weighted by molar-refractivity contribution is 0.251. The molecule has 1 atom stereocenters. The van der Waals surface area contributed by atoms with E-state index in [1.165, 1.54) is 6.33 Å². The summed E-state index contributed by atoms with van der Waals surface area (Å²) < 4.78 is 0. The Kier molecular flexibility index (Phi) is 6.03. The number of benzene rings is 1. The van der Waals surface area contributed by atoms with Crippen LogP contribution >= 0.6 is 12.4 Å². The first-order valence-corrected chi connectivity index (χ1v) is 7.48. The zero-order valence-electron chi connectivity index (χ0n) is 13.3. The molecule has 0 saturated heterocycles. The second-order valence-corrected chi connectivity index (χ2v) is 5.49. The molecule has 1 aromatic carbocycles. The third-order valence-corrected chi connectivity index (χ3v) is 3.66. The average molecular weight is 346 g/mol. The van der Waals surface area contributed by atoms with Crippen LogP contribution in [0.25, 0.3) is 22.3 Å². The van der Waals surface area contributed by atoms with Crippen molar-refractivity contribution in [3.05, 3.63) is 48.3 Å². The molecule has 6 nitrogen and oxygen atoms in total. The molecule has 0 amide bonds. The monoisotopic (exact) mass is 345 g/mol. The SMILES string of the molecule is CC(CO)NCc1cccc(-c2ccc3ncnc(N)c3n2)c1.Cl. The summed E-state index contributed by atoms with van der Waals surface area (Å²) in [6, 6.07) is 12.0. The third-order valence-electron chi connectivity index (χ3n) is 3.66. The molecule has 0 bridgehead atoms. The van der Waals surface area contributed by atoms with Crippen LogP contribution in [0.1, 0.15) is 12.5 Å². The van der Waals surface area contributed by atoms with Crippen LogP contribution in [-0.2, 0) is 6.54 Å². The van der Waals surface area contributed by atoms with Gasteiger partial charge in [0.1, 0.15) is 11.8 Å². The summed E-state index contributed by atoms with van der Waals surface area (Å²) in [5.41, 5.74) is 10.2. The van der Waals surface area contributed by atoms with E-state index >= 15 is 0 Å². The maximum Gasteiger partial charge on any atom is 0.153 e. The summed E-state index contributed by atoms with van der Waals surface area (Å²) in [7, 11) is 0. The molecule has 3 aromatic rings. The van der Waals surface area contributed by atoms with E-state index in [1.807, 2.05) is 37.3 Å². The number of nitrogens with one attached hydrogen (secondary N) is 1. The standard InChI is InChI=1S/C17H19N5O.ClH/c1-11(9-23)19-8-12-3-2-4-13(7-12)14-5-6-15-16(22-14)17(18)21-10-20-15;/h2-7,10-11,19,23H,8-9H2,1H3,(H2,18,20,21);1H. The Labute approximate surface area is 146 Å². The highest BCUT2D eigenvalue weighted by Gasteiger charge is 2.07. The molecule has 126 valence electrons. The quantitative estimate of drug-likeness (QED) is 0.655. The number of fused-ring (bicyclic) bond motifs is 1. The van der Waals surface area contributed by atoms with Crippen LogP contribution in [0.5, 0.6) is 0 Å². The first-order valence-electron chi connectivity index (χ1n) is 7.48. The van der Waals surface area contributed by atoms with E-state index < -0.39 is 0 Å². The largest absolute Gasteiger partial charge is 0.395 e. The average Bonchev–Trinajstić information content (AvgIpc) is 2.60. The van der Waals surface area contributed by atoms with Crippen LogP contribution < -0.4 is 11.1 Å². The predicted molar refractivity (Wildman–Crippen MR) is 97.8 cm³/mol. The molecule has 1 unspecified atom stereocenters. The lowest BCUT2D eigenvalue weighted by atomic mass is 10.1. The van der Waals surface area contributed by atoms with Crippen LogP contribution in [-0.4, -0.2) is 32.7 Å². The zero-order chi connectivity index (χ0) is 16.2. The van der Waals surface area contributed by atoms with Crippen molar-refractivity contribution in [3.8, 4) is 11.3 Å². The molecule has 3 rings (SSSR count). The molecule has 0 aliphatic rings. The number of nitrogen functional groups attached to an aromatic ring is 1. The molecule has 7 heteroatoms. The van der Waals surface area contributed by atoms with Crippen LogP contribution in [0, 0.1) is 0 Å². The Hall–Kier alpha value is -2.28. The number of nitrogens with zero attached hydrogens (tertiary/aromatic N) is 3. The third kappa shape index (κ3) is 3.97. The lowest BCUT2D eigenvalue weighted by Gasteiger charge is -2.11. The first kappa shape index (κ1) is 18.1. The van der Waals surface area contributed by atoms with E-state index in [-0.39, 0.29) is 25.1 Å². The van der Waals surface area contributed by atoms with Gasteiger partial charge < -0.3 is 16.2 Å². The number of aromatic nitrogens is 3. The van der Waals surface area contributed by atoms with Crippen LogP contribution in [0.4, 0.5) is 5.82 Å². The number of aliphatic hydroxyl groups excluding tert-OH is 1. The minimum atomic E-state index is 0. The lowest BCUT2D eigenvalue weighted by Crippen LogP contribution is -2.28. The van der Waals surface area contributed by atoms with E-state index in [1.54, 1.807) is 0 Å². The predicted octanol–water partition coefficient (Wildman–Crippen LogP) is 2.17. The van der Waals surface area contributed by atoms with Crippen molar-refractivity contribution in [3.63, 3.8) is 0 Å². The molecule has 0 fully saturated rings. The number of anilines is 1. The van der Waals surface area contributed by atoms with Gasteiger partial charge in [-0.25, -0.2) is 15.0 Å². The maximum absolute atomic E-state index is 9.08. The van der Waals surface area contributed by atoms with Crippen molar-refractivity contribution in [1.82, 2.24) is 20.3 Å². The van der Waals surface area contributed by atoms with Gasteiger partial charge in [0, 0.05) is 18.2 Å². The molecule has 2 heterocycles. The van der Waals surface area contributed by atoms with Gasteiger partial charge in [-0.3, -0.25) is 0 Å². The van der Waals surface area contributed by atoms with Crippen molar-refractivity contribution in [2.75, 3.05) is 12.3 Å². The Morgan fingerprint density at radius 3 is 2.83 bits per heavy atom. The zero-order valence-corrected chi connectivity index (χ0v) is 14.1. The van der Waals surface area contributed by atoms with Crippen LogP contribution in [0.2, 0.25) is 0 Å². The summed E-state index contributed by atoms with van der Waals surface area (Å²) in [6.45, 7) is 2.75. The van der Waals surface area contributed by atoms with Crippen LogP contribution in [0.3, 0.4) is 0 Å². The summed E-state index contributed by atoms with van der Waals surface area (Å²) >= 11 is 0. The molecule has 0 aliphatic heterocycles. The van der Waals surface area contributed by atoms with E-state index in [0.29, 0.717) is 17.9 Å². The van der Waals surface area contributed by atoms with Crippen molar-refractivity contribution in [2.24, 2.45) is 0 Å². The summed E-state index contributed by atoms with van der Waals surface area (Å²) in [5, 5.41) is 12.3. The molecule has 0 radical (unpaired) electrons. The first-order chi connectivity index (χ1) is 11.2. The van der Waals surface area contributed by atoms with Gasteiger partial charge in [0.15, 0.2) is 5.82 Å². The Morgan fingerprint density at radius 1 is 1.21 bits per heavy atom. The minimum absolute atomic E-state index is 0. The number of halogens is 1. The number of hydrogen-bond donors (Lipinski definition) is 3. The van der Waals surface area contributed by atoms with Gasteiger partial charge in [-0.15, -0.1) is 12.4 Å². The Bertz CT molecular complexity index is 827. The Balaban J connectivity index is 0.00000208. The second kappa shape index (κ2) is 8.01. The van der Waals surface area contributed by atoms with Gasteiger partial charge in [-0.2, -0.15) is 0 Å². The molecule has 0 spiro atoms. The second-order valence-electron chi connectivity index (χ2n) is 5.49. The molecule has 24 heavy (non-hydrogen) atoms. The van der Waals surface area contributed by atoms with Crippen LogP contribution in [0.15, 0.2) is 42.7 Å². The Morgan fingerprint density at radius 2 is 2.04 bits per heavy atom. The van der Waals surface area contributed by atoms with Gasteiger partial charge in [0.05, 0.1) is 17.8 Å².